The first kappa shape index (κ1) is 13.4. The van der Waals surface area contributed by atoms with Crippen molar-refractivity contribution in [3.63, 3.8) is 0 Å². The molecular formula is C14H12FNO2S. The molecule has 0 atom stereocenters. The van der Waals surface area contributed by atoms with Crippen molar-refractivity contribution >= 4 is 17.4 Å². The Bertz CT molecular complexity index is 634. The van der Waals surface area contributed by atoms with Crippen molar-refractivity contribution in [2.24, 2.45) is 0 Å². The summed E-state index contributed by atoms with van der Waals surface area (Å²) in [5, 5.41) is 10.7. The van der Waals surface area contributed by atoms with Gasteiger partial charge in [-0.25, -0.2) is 4.39 Å². The predicted octanol–water partition coefficient (Wildman–Crippen LogP) is 4.58. The van der Waals surface area contributed by atoms with Crippen LogP contribution in [-0.2, 0) is 0 Å². The number of thiophene rings is 1. The van der Waals surface area contributed by atoms with Crippen LogP contribution in [-0.4, -0.2) is 4.92 Å². The zero-order valence-corrected chi connectivity index (χ0v) is 11.1. The SMILES string of the molecule is CCC(=Cc1ccc(-c2ccccc2F)s1)[N+](=O)[O-]. The molecule has 98 valence electrons. The lowest BCUT2D eigenvalue weighted by atomic mass is 10.2. The summed E-state index contributed by atoms with van der Waals surface area (Å²) in [6.07, 6.45) is 1.90. The molecule has 0 aliphatic carbocycles. The molecular weight excluding hydrogens is 265 g/mol. The van der Waals surface area contributed by atoms with Crippen LogP contribution in [0.4, 0.5) is 4.39 Å². The van der Waals surface area contributed by atoms with Crippen molar-refractivity contribution in [3.8, 4) is 10.4 Å². The maximum Gasteiger partial charge on any atom is 0.247 e. The van der Waals surface area contributed by atoms with E-state index in [1.807, 2.05) is 0 Å². The zero-order chi connectivity index (χ0) is 13.8. The predicted molar refractivity (Wildman–Crippen MR) is 75.0 cm³/mol. The molecule has 19 heavy (non-hydrogen) atoms. The van der Waals surface area contributed by atoms with Gasteiger partial charge in [-0.1, -0.05) is 25.1 Å². The summed E-state index contributed by atoms with van der Waals surface area (Å²) < 4.78 is 13.6. The fourth-order valence-electron chi connectivity index (χ4n) is 1.68. The molecule has 0 radical (unpaired) electrons. The van der Waals surface area contributed by atoms with Gasteiger partial charge in [-0.15, -0.1) is 11.3 Å². The van der Waals surface area contributed by atoms with E-state index in [4.69, 9.17) is 0 Å². The minimum absolute atomic E-state index is 0.155. The zero-order valence-electron chi connectivity index (χ0n) is 10.3. The van der Waals surface area contributed by atoms with E-state index < -0.39 is 0 Å². The summed E-state index contributed by atoms with van der Waals surface area (Å²) in [4.78, 5) is 11.9. The van der Waals surface area contributed by atoms with Gasteiger partial charge in [-0.3, -0.25) is 10.1 Å². The second-order valence-electron chi connectivity index (χ2n) is 3.93. The summed E-state index contributed by atoms with van der Waals surface area (Å²) >= 11 is 1.34. The third-order valence-corrected chi connectivity index (χ3v) is 3.74. The molecule has 0 saturated carbocycles. The van der Waals surface area contributed by atoms with E-state index >= 15 is 0 Å². The Labute approximate surface area is 114 Å². The standard InChI is InChI=1S/C14H12FNO2S/c1-2-10(16(17)18)9-11-7-8-14(19-11)12-5-3-4-6-13(12)15/h3-9H,2H2,1H3. The van der Waals surface area contributed by atoms with E-state index in [0.717, 1.165) is 9.75 Å². The fourth-order valence-corrected chi connectivity index (χ4v) is 2.68. The first-order valence-corrected chi connectivity index (χ1v) is 6.63. The van der Waals surface area contributed by atoms with E-state index in [1.54, 1.807) is 37.3 Å². The first-order valence-electron chi connectivity index (χ1n) is 5.81. The van der Waals surface area contributed by atoms with Gasteiger partial charge in [0.1, 0.15) is 5.82 Å². The van der Waals surface area contributed by atoms with Crippen LogP contribution < -0.4 is 0 Å². The Morgan fingerprint density at radius 3 is 2.74 bits per heavy atom. The smallest absolute Gasteiger partial charge is 0.247 e. The third-order valence-electron chi connectivity index (χ3n) is 2.67. The Morgan fingerprint density at radius 1 is 1.37 bits per heavy atom. The topological polar surface area (TPSA) is 43.1 Å². The van der Waals surface area contributed by atoms with Gasteiger partial charge in [-0.2, -0.15) is 0 Å². The highest BCUT2D eigenvalue weighted by Gasteiger charge is 2.10. The summed E-state index contributed by atoms with van der Waals surface area (Å²) in [7, 11) is 0. The molecule has 3 nitrogen and oxygen atoms in total. The maximum atomic E-state index is 13.6. The highest BCUT2D eigenvalue weighted by molar-refractivity contribution is 7.16. The lowest BCUT2D eigenvalue weighted by Crippen LogP contribution is -1.95. The normalized spacial score (nSPS) is 11.6. The number of benzene rings is 1. The molecule has 0 saturated heterocycles. The van der Waals surface area contributed by atoms with Gasteiger partial charge in [0.25, 0.3) is 0 Å². The number of halogens is 1. The molecule has 2 rings (SSSR count). The number of rotatable bonds is 4. The molecule has 0 N–H and O–H groups in total. The molecule has 0 fully saturated rings. The number of nitrogens with zero attached hydrogens (tertiary/aromatic N) is 1. The van der Waals surface area contributed by atoms with Crippen molar-refractivity contribution in [2.75, 3.05) is 0 Å². The minimum atomic E-state index is -0.386. The van der Waals surface area contributed by atoms with Gasteiger partial charge < -0.3 is 0 Å². The monoisotopic (exact) mass is 277 g/mol. The average molecular weight is 277 g/mol. The second kappa shape index (κ2) is 5.75. The molecule has 1 aromatic heterocycles. The van der Waals surface area contributed by atoms with Gasteiger partial charge in [0.15, 0.2) is 0 Å². The van der Waals surface area contributed by atoms with Crippen molar-refractivity contribution < 1.29 is 9.31 Å². The van der Waals surface area contributed by atoms with Crippen LogP contribution >= 0.6 is 11.3 Å². The number of nitro groups is 1. The van der Waals surface area contributed by atoms with Crippen LogP contribution in [0.2, 0.25) is 0 Å². The van der Waals surface area contributed by atoms with E-state index in [1.165, 1.54) is 23.5 Å². The molecule has 0 bridgehead atoms. The van der Waals surface area contributed by atoms with Crippen LogP contribution in [0, 0.1) is 15.9 Å². The number of allylic oxidation sites excluding steroid dienone is 1. The van der Waals surface area contributed by atoms with Crippen LogP contribution in [0.15, 0.2) is 42.1 Å². The Hall–Kier alpha value is -2.01. The lowest BCUT2D eigenvalue weighted by Gasteiger charge is -1.98. The quantitative estimate of drug-likeness (QED) is 0.606. The molecule has 0 amide bonds. The molecule has 0 aliphatic heterocycles. The van der Waals surface area contributed by atoms with E-state index in [9.17, 15) is 14.5 Å². The number of hydrogen-bond acceptors (Lipinski definition) is 3. The van der Waals surface area contributed by atoms with Gasteiger partial charge >= 0.3 is 0 Å². The Morgan fingerprint density at radius 2 is 2.11 bits per heavy atom. The van der Waals surface area contributed by atoms with Crippen LogP contribution in [0.25, 0.3) is 16.5 Å². The van der Waals surface area contributed by atoms with Gasteiger partial charge in [-0.05, 0) is 18.2 Å². The molecule has 5 heteroatoms. The highest BCUT2D eigenvalue weighted by Crippen LogP contribution is 2.31. The molecule has 2 aromatic rings. The molecule has 0 unspecified atom stereocenters. The molecule has 1 aromatic carbocycles. The highest BCUT2D eigenvalue weighted by atomic mass is 32.1. The summed E-state index contributed by atoms with van der Waals surface area (Å²) in [5.74, 6) is -0.287. The van der Waals surface area contributed by atoms with E-state index in [0.29, 0.717) is 12.0 Å². The fraction of sp³-hybridized carbons (Fsp3) is 0.143. The summed E-state index contributed by atoms with van der Waals surface area (Å²) in [6.45, 7) is 1.74. The third kappa shape index (κ3) is 3.06. The van der Waals surface area contributed by atoms with Crippen LogP contribution in [0.1, 0.15) is 18.2 Å². The van der Waals surface area contributed by atoms with Crippen molar-refractivity contribution in [3.05, 3.63) is 62.9 Å². The maximum absolute atomic E-state index is 13.6. The van der Waals surface area contributed by atoms with Crippen molar-refractivity contribution in [2.45, 2.75) is 13.3 Å². The second-order valence-corrected chi connectivity index (χ2v) is 5.04. The summed E-state index contributed by atoms with van der Waals surface area (Å²) in [5.41, 5.74) is 0.674. The number of hydrogen-bond donors (Lipinski definition) is 0. The lowest BCUT2D eigenvalue weighted by molar-refractivity contribution is -0.425. The Kier molecular flexibility index (Phi) is 4.06. The molecule has 0 aliphatic rings. The first-order chi connectivity index (χ1) is 9.11. The van der Waals surface area contributed by atoms with E-state index in [2.05, 4.69) is 0 Å². The van der Waals surface area contributed by atoms with Gasteiger partial charge in [0, 0.05) is 27.8 Å². The average Bonchev–Trinajstić information content (AvgIpc) is 2.84. The largest absolute Gasteiger partial charge is 0.259 e. The minimum Gasteiger partial charge on any atom is -0.259 e. The van der Waals surface area contributed by atoms with Crippen molar-refractivity contribution in [1.29, 1.82) is 0 Å². The van der Waals surface area contributed by atoms with Crippen LogP contribution in [0.5, 0.6) is 0 Å². The van der Waals surface area contributed by atoms with Crippen LogP contribution in [0.3, 0.4) is 0 Å². The van der Waals surface area contributed by atoms with Gasteiger partial charge in [0.05, 0.1) is 4.92 Å². The summed E-state index contributed by atoms with van der Waals surface area (Å²) in [6, 6.07) is 10.0. The van der Waals surface area contributed by atoms with Gasteiger partial charge in [0.2, 0.25) is 5.70 Å². The molecule has 1 heterocycles. The van der Waals surface area contributed by atoms with Crippen molar-refractivity contribution in [1.82, 2.24) is 0 Å². The molecule has 0 spiro atoms. The Balaban J connectivity index is 2.35. The van der Waals surface area contributed by atoms with E-state index in [-0.39, 0.29) is 16.4 Å².